The maximum atomic E-state index is 4.71. The first-order chi connectivity index (χ1) is 9.31. The predicted molar refractivity (Wildman–Crippen MR) is 80.3 cm³/mol. The zero-order chi connectivity index (χ0) is 13.1. The molecule has 0 aliphatic carbocycles. The van der Waals surface area contributed by atoms with E-state index < -0.39 is 0 Å². The standard InChI is InChI=1S/C18H17N/c1-14-6-8-15(9-7-14)10-12-17-13-11-16-4-2-3-5-18(16)19-17/h2-9,11,13H,10,12H2,1H3. The van der Waals surface area contributed by atoms with Gasteiger partial charge >= 0.3 is 0 Å². The lowest BCUT2D eigenvalue weighted by Gasteiger charge is -2.04. The summed E-state index contributed by atoms with van der Waals surface area (Å²) in [5.74, 6) is 0. The van der Waals surface area contributed by atoms with Gasteiger partial charge in [-0.05, 0) is 37.5 Å². The maximum Gasteiger partial charge on any atom is 0.0705 e. The molecule has 0 spiro atoms. The summed E-state index contributed by atoms with van der Waals surface area (Å²) in [7, 11) is 0. The predicted octanol–water partition coefficient (Wildman–Crippen LogP) is 4.33. The summed E-state index contributed by atoms with van der Waals surface area (Å²) in [6.07, 6.45) is 2.04. The van der Waals surface area contributed by atoms with Crippen LogP contribution in [0.5, 0.6) is 0 Å². The Kier molecular flexibility index (Phi) is 3.28. The molecule has 1 nitrogen and oxygen atoms in total. The van der Waals surface area contributed by atoms with Gasteiger partial charge in [0.2, 0.25) is 0 Å². The van der Waals surface area contributed by atoms with Gasteiger partial charge in [-0.15, -0.1) is 0 Å². The zero-order valence-electron chi connectivity index (χ0n) is 11.1. The van der Waals surface area contributed by atoms with E-state index in [0.29, 0.717) is 0 Å². The molecule has 1 heteroatoms. The molecular formula is C18H17N. The summed E-state index contributed by atoms with van der Waals surface area (Å²) in [5, 5.41) is 1.21. The van der Waals surface area contributed by atoms with Crippen molar-refractivity contribution in [1.82, 2.24) is 4.98 Å². The van der Waals surface area contributed by atoms with E-state index in [1.54, 1.807) is 0 Å². The van der Waals surface area contributed by atoms with Crippen molar-refractivity contribution >= 4 is 10.9 Å². The summed E-state index contributed by atoms with van der Waals surface area (Å²) in [6, 6.07) is 21.3. The molecule has 94 valence electrons. The summed E-state index contributed by atoms with van der Waals surface area (Å²) in [4.78, 5) is 4.71. The van der Waals surface area contributed by atoms with Crippen LogP contribution in [0.3, 0.4) is 0 Å². The van der Waals surface area contributed by atoms with Gasteiger partial charge in [0.05, 0.1) is 5.52 Å². The van der Waals surface area contributed by atoms with Gasteiger partial charge in [-0.1, -0.05) is 54.1 Å². The molecule has 0 saturated heterocycles. The lowest BCUT2D eigenvalue weighted by Crippen LogP contribution is -1.94. The minimum absolute atomic E-state index is 0.994. The summed E-state index contributed by atoms with van der Waals surface area (Å²) in [5.41, 5.74) is 4.94. The minimum atomic E-state index is 0.994. The van der Waals surface area contributed by atoms with Crippen LogP contribution in [0.2, 0.25) is 0 Å². The Balaban J connectivity index is 1.76. The molecule has 0 fully saturated rings. The van der Waals surface area contributed by atoms with Gasteiger partial charge < -0.3 is 0 Å². The van der Waals surface area contributed by atoms with E-state index in [1.165, 1.54) is 22.2 Å². The first-order valence-electron chi connectivity index (χ1n) is 6.71. The van der Waals surface area contributed by atoms with Crippen molar-refractivity contribution in [2.45, 2.75) is 19.8 Å². The van der Waals surface area contributed by atoms with E-state index in [0.717, 1.165) is 18.4 Å². The molecule has 0 N–H and O–H groups in total. The van der Waals surface area contributed by atoms with E-state index in [9.17, 15) is 0 Å². The van der Waals surface area contributed by atoms with E-state index in [4.69, 9.17) is 4.98 Å². The molecule has 1 aromatic heterocycles. The Bertz CT molecular complexity index is 683. The first kappa shape index (κ1) is 11.9. The van der Waals surface area contributed by atoms with Gasteiger partial charge in [0.25, 0.3) is 0 Å². The van der Waals surface area contributed by atoms with Crippen molar-refractivity contribution in [3.05, 3.63) is 77.5 Å². The molecule has 0 radical (unpaired) electrons. The molecular weight excluding hydrogens is 230 g/mol. The average Bonchev–Trinajstić information content (AvgIpc) is 2.46. The SMILES string of the molecule is Cc1ccc(CCc2ccc3ccccc3n2)cc1. The number of aryl methyl sites for hydroxylation is 3. The van der Waals surface area contributed by atoms with Crippen molar-refractivity contribution < 1.29 is 0 Å². The number of para-hydroxylation sites is 1. The van der Waals surface area contributed by atoms with Gasteiger partial charge in [-0.3, -0.25) is 4.98 Å². The molecule has 3 rings (SSSR count). The monoisotopic (exact) mass is 247 g/mol. The zero-order valence-corrected chi connectivity index (χ0v) is 11.1. The fourth-order valence-electron chi connectivity index (χ4n) is 2.27. The van der Waals surface area contributed by atoms with Crippen LogP contribution >= 0.6 is 0 Å². The number of hydrogen-bond donors (Lipinski definition) is 0. The quantitative estimate of drug-likeness (QED) is 0.671. The lowest BCUT2D eigenvalue weighted by atomic mass is 10.1. The number of aromatic nitrogens is 1. The minimum Gasteiger partial charge on any atom is -0.253 e. The second-order valence-electron chi connectivity index (χ2n) is 4.98. The fraction of sp³-hybridized carbons (Fsp3) is 0.167. The fourth-order valence-corrected chi connectivity index (χ4v) is 2.27. The Morgan fingerprint density at radius 1 is 0.789 bits per heavy atom. The number of benzene rings is 2. The molecule has 0 bridgehead atoms. The second-order valence-corrected chi connectivity index (χ2v) is 4.98. The van der Waals surface area contributed by atoms with E-state index >= 15 is 0 Å². The molecule has 2 aromatic carbocycles. The molecule has 0 unspecified atom stereocenters. The molecule has 1 heterocycles. The van der Waals surface area contributed by atoms with Crippen molar-refractivity contribution in [2.75, 3.05) is 0 Å². The Hall–Kier alpha value is -2.15. The third-order valence-electron chi connectivity index (χ3n) is 3.45. The van der Waals surface area contributed by atoms with Crippen LogP contribution in [0.1, 0.15) is 16.8 Å². The van der Waals surface area contributed by atoms with Crippen LogP contribution in [-0.4, -0.2) is 4.98 Å². The van der Waals surface area contributed by atoms with Crippen LogP contribution in [-0.2, 0) is 12.8 Å². The Morgan fingerprint density at radius 2 is 1.58 bits per heavy atom. The van der Waals surface area contributed by atoms with Gasteiger partial charge in [0, 0.05) is 11.1 Å². The highest BCUT2D eigenvalue weighted by Crippen LogP contribution is 2.13. The van der Waals surface area contributed by atoms with Crippen molar-refractivity contribution in [2.24, 2.45) is 0 Å². The topological polar surface area (TPSA) is 12.9 Å². The number of rotatable bonds is 3. The molecule has 0 saturated carbocycles. The highest BCUT2D eigenvalue weighted by molar-refractivity contribution is 5.78. The number of nitrogens with zero attached hydrogens (tertiary/aromatic N) is 1. The number of pyridine rings is 1. The molecule has 3 aromatic rings. The molecule has 0 aliphatic heterocycles. The lowest BCUT2D eigenvalue weighted by molar-refractivity contribution is 0.922. The highest BCUT2D eigenvalue weighted by Gasteiger charge is 1.99. The average molecular weight is 247 g/mol. The summed E-state index contributed by atoms with van der Waals surface area (Å²) >= 11 is 0. The normalized spacial score (nSPS) is 10.8. The van der Waals surface area contributed by atoms with E-state index in [1.807, 2.05) is 6.07 Å². The van der Waals surface area contributed by atoms with Crippen molar-refractivity contribution in [3.8, 4) is 0 Å². The third kappa shape index (κ3) is 2.82. The highest BCUT2D eigenvalue weighted by atomic mass is 14.7. The number of fused-ring (bicyclic) bond motifs is 1. The third-order valence-corrected chi connectivity index (χ3v) is 3.45. The van der Waals surface area contributed by atoms with E-state index in [-0.39, 0.29) is 0 Å². The smallest absolute Gasteiger partial charge is 0.0705 e. The Morgan fingerprint density at radius 3 is 2.42 bits per heavy atom. The van der Waals surface area contributed by atoms with Crippen LogP contribution in [0.4, 0.5) is 0 Å². The van der Waals surface area contributed by atoms with Gasteiger partial charge in [0.15, 0.2) is 0 Å². The molecule has 0 aliphatic rings. The number of hydrogen-bond acceptors (Lipinski definition) is 1. The van der Waals surface area contributed by atoms with Gasteiger partial charge in [0.1, 0.15) is 0 Å². The maximum absolute atomic E-state index is 4.71. The molecule has 0 atom stereocenters. The first-order valence-corrected chi connectivity index (χ1v) is 6.71. The van der Waals surface area contributed by atoms with Crippen molar-refractivity contribution in [3.63, 3.8) is 0 Å². The van der Waals surface area contributed by atoms with Crippen LogP contribution in [0.15, 0.2) is 60.7 Å². The largest absolute Gasteiger partial charge is 0.253 e. The van der Waals surface area contributed by atoms with Crippen molar-refractivity contribution in [1.29, 1.82) is 0 Å². The van der Waals surface area contributed by atoms with Gasteiger partial charge in [-0.2, -0.15) is 0 Å². The molecule has 0 amide bonds. The van der Waals surface area contributed by atoms with E-state index in [2.05, 4.69) is 61.5 Å². The summed E-state index contributed by atoms with van der Waals surface area (Å²) in [6.45, 7) is 2.12. The second kappa shape index (κ2) is 5.23. The van der Waals surface area contributed by atoms with Gasteiger partial charge in [-0.25, -0.2) is 0 Å². The van der Waals surface area contributed by atoms with Crippen LogP contribution in [0.25, 0.3) is 10.9 Å². The van der Waals surface area contributed by atoms with Crippen LogP contribution in [0, 0.1) is 6.92 Å². The Labute approximate surface area is 113 Å². The summed E-state index contributed by atoms with van der Waals surface area (Å²) < 4.78 is 0. The molecule has 19 heavy (non-hydrogen) atoms. The van der Waals surface area contributed by atoms with Crippen LogP contribution < -0.4 is 0 Å².